The van der Waals surface area contributed by atoms with Gasteiger partial charge in [0.15, 0.2) is 11.6 Å². The monoisotopic (exact) mass is 371 g/mol. The molecule has 0 spiro atoms. The Kier molecular flexibility index (Phi) is 4.76. The van der Waals surface area contributed by atoms with Gasteiger partial charge in [-0.15, -0.1) is 10.2 Å². The predicted octanol–water partition coefficient (Wildman–Crippen LogP) is 2.20. The van der Waals surface area contributed by atoms with Crippen molar-refractivity contribution in [3.05, 3.63) is 40.9 Å². The first-order valence-corrected chi connectivity index (χ1v) is 8.17. The zero-order chi connectivity index (χ0) is 15.5. The molecule has 112 valence electrons. The minimum atomic E-state index is -3.57. The van der Waals surface area contributed by atoms with E-state index >= 15 is 0 Å². The van der Waals surface area contributed by atoms with Crippen LogP contribution < -0.4 is 10.0 Å². The molecule has 0 atom stereocenters. The summed E-state index contributed by atoms with van der Waals surface area (Å²) in [6.07, 6.45) is 0. The van der Waals surface area contributed by atoms with Crippen molar-refractivity contribution in [2.75, 3.05) is 24.1 Å². The fourth-order valence-electron chi connectivity index (χ4n) is 1.36. The van der Waals surface area contributed by atoms with E-state index in [4.69, 9.17) is 0 Å². The smallest absolute Gasteiger partial charge is 0.302 e. The number of halogens is 1. The number of hydrogen-bond acceptors (Lipinski definition) is 5. The van der Waals surface area contributed by atoms with Crippen molar-refractivity contribution in [2.45, 2.75) is 0 Å². The largest absolute Gasteiger partial charge is 0.339 e. The maximum atomic E-state index is 11.6. The van der Waals surface area contributed by atoms with Gasteiger partial charge in [0.05, 0.1) is 0 Å². The molecule has 2 rings (SSSR count). The highest BCUT2D eigenvalue weighted by atomic mass is 79.9. The highest BCUT2D eigenvalue weighted by Crippen LogP contribution is 2.18. The molecule has 0 bridgehead atoms. The number of anilines is 3. The third-order valence-electron chi connectivity index (χ3n) is 2.50. The van der Waals surface area contributed by atoms with Crippen LogP contribution in [0.2, 0.25) is 0 Å². The van der Waals surface area contributed by atoms with E-state index in [-0.39, 0.29) is 5.82 Å². The fourth-order valence-corrected chi connectivity index (χ4v) is 2.18. The molecule has 1 aromatic carbocycles. The van der Waals surface area contributed by atoms with Crippen molar-refractivity contribution in [1.29, 1.82) is 0 Å². The zero-order valence-corrected chi connectivity index (χ0v) is 13.8. The Bertz CT molecular complexity index is 701. The second kappa shape index (κ2) is 6.37. The Labute approximate surface area is 131 Å². The molecule has 0 aliphatic rings. The van der Waals surface area contributed by atoms with Crippen LogP contribution in [0.25, 0.3) is 0 Å². The summed E-state index contributed by atoms with van der Waals surface area (Å²) in [6, 6.07) is 10.7. The molecular formula is C12H14BrN5O2S. The standard InChI is InChI=1S/C12H14BrN5O2S/c1-18(2)21(19,20)17-12-8-7-11(15-16-12)14-10-5-3-9(13)4-6-10/h3-8H,1-2H3,(H,14,15)(H,16,17). The van der Waals surface area contributed by atoms with Gasteiger partial charge in [0.2, 0.25) is 0 Å². The van der Waals surface area contributed by atoms with Crippen LogP contribution in [0, 0.1) is 0 Å². The quantitative estimate of drug-likeness (QED) is 0.840. The lowest BCUT2D eigenvalue weighted by Crippen LogP contribution is -2.29. The molecule has 0 saturated carbocycles. The lowest BCUT2D eigenvalue weighted by molar-refractivity contribution is 0.526. The fraction of sp³-hybridized carbons (Fsp3) is 0.167. The first-order chi connectivity index (χ1) is 9.87. The van der Waals surface area contributed by atoms with Gasteiger partial charge >= 0.3 is 10.2 Å². The minimum absolute atomic E-state index is 0.157. The topological polar surface area (TPSA) is 87.2 Å². The predicted molar refractivity (Wildman–Crippen MR) is 85.7 cm³/mol. The Morgan fingerprint density at radius 1 is 1.00 bits per heavy atom. The highest BCUT2D eigenvalue weighted by molar-refractivity contribution is 9.10. The summed E-state index contributed by atoms with van der Waals surface area (Å²) in [6.45, 7) is 0. The average molecular weight is 372 g/mol. The molecule has 21 heavy (non-hydrogen) atoms. The van der Waals surface area contributed by atoms with Crippen molar-refractivity contribution in [3.8, 4) is 0 Å². The SMILES string of the molecule is CN(C)S(=O)(=O)Nc1ccc(Nc2ccc(Br)cc2)nn1. The van der Waals surface area contributed by atoms with Crippen molar-refractivity contribution in [2.24, 2.45) is 0 Å². The maximum absolute atomic E-state index is 11.6. The van der Waals surface area contributed by atoms with E-state index in [1.165, 1.54) is 20.2 Å². The molecule has 7 nitrogen and oxygen atoms in total. The molecule has 1 aromatic heterocycles. The number of hydrogen-bond donors (Lipinski definition) is 2. The van der Waals surface area contributed by atoms with E-state index in [0.29, 0.717) is 5.82 Å². The van der Waals surface area contributed by atoms with Gasteiger partial charge in [0.25, 0.3) is 0 Å². The number of nitrogens with one attached hydrogen (secondary N) is 2. The third kappa shape index (κ3) is 4.38. The molecule has 9 heteroatoms. The Hall–Kier alpha value is -1.71. The second-order valence-corrected chi connectivity index (χ2v) is 7.13. The van der Waals surface area contributed by atoms with Crippen molar-refractivity contribution in [1.82, 2.24) is 14.5 Å². The second-order valence-electron chi connectivity index (χ2n) is 4.33. The van der Waals surface area contributed by atoms with Crippen LogP contribution in [0.3, 0.4) is 0 Å². The summed E-state index contributed by atoms with van der Waals surface area (Å²) in [4.78, 5) is 0. The molecule has 0 unspecified atom stereocenters. The summed E-state index contributed by atoms with van der Waals surface area (Å²) in [5.41, 5.74) is 0.856. The maximum Gasteiger partial charge on any atom is 0.302 e. The third-order valence-corrected chi connectivity index (χ3v) is 4.45. The lowest BCUT2D eigenvalue weighted by Gasteiger charge is -2.12. The van der Waals surface area contributed by atoms with Gasteiger partial charge in [0, 0.05) is 24.3 Å². The molecule has 1 heterocycles. The number of rotatable bonds is 5. The zero-order valence-electron chi connectivity index (χ0n) is 11.4. The van der Waals surface area contributed by atoms with Crippen LogP contribution in [0.1, 0.15) is 0 Å². The number of nitrogens with zero attached hydrogens (tertiary/aromatic N) is 3. The van der Waals surface area contributed by atoms with Crippen LogP contribution >= 0.6 is 15.9 Å². The summed E-state index contributed by atoms with van der Waals surface area (Å²) in [5.74, 6) is 0.676. The van der Waals surface area contributed by atoms with Gasteiger partial charge in [-0.25, -0.2) is 0 Å². The van der Waals surface area contributed by atoms with Crippen LogP contribution in [0.5, 0.6) is 0 Å². The average Bonchev–Trinajstić information content (AvgIpc) is 2.43. The van der Waals surface area contributed by atoms with E-state index in [2.05, 4.69) is 36.2 Å². The molecule has 0 amide bonds. The van der Waals surface area contributed by atoms with Crippen molar-refractivity contribution in [3.63, 3.8) is 0 Å². The molecule has 2 aromatic rings. The summed E-state index contributed by atoms with van der Waals surface area (Å²) in [5, 5.41) is 10.8. The van der Waals surface area contributed by atoms with E-state index in [0.717, 1.165) is 14.5 Å². The molecule has 0 radical (unpaired) electrons. The Morgan fingerprint density at radius 2 is 1.57 bits per heavy atom. The summed E-state index contributed by atoms with van der Waals surface area (Å²) >= 11 is 3.36. The number of aromatic nitrogens is 2. The van der Waals surface area contributed by atoms with Crippen molar-refractivity contribution < 1.29 is 8.42 Å². The van der Waals surface area contributed by atoms with E-state index in [1.54, 1.807) is 6.07 Å². The summed E-state index contributed by atoms with van der Waals surface area (Å²) < 4.78 is 27.6. The summed E-state index contributed by atoms with van der Waals surface area (Å²) in [7, 11) is -0.713. The van der Waals surface area contributed by atoms with Gasteiger partial charge in [0.1, 0.15) is 0 Å². The van der Waals surface area contributed by atoms with E-state index < -0.39 is 10.2 Å². The highest BCUT2D eigenvalue weighted by Gasteiger charge is 2.13. The molecule has 0 aliphatic heterocycles. The van der Waals surface area contributed by atoms with Gasteiger partial charge in [-0.1, -0.05) is 15.9 Å². The molecular weight excluding hydrogens is 358 g/mol. The molecule has 2 N–H and O–H groups in total. The normalized spacial score (nSPS) is 11.4. The minimum Gasteiger partial charge on any atom is -0.339 e. The number of benzene rings is 1. The van der Waals surface area contributed by atoms with Gasteiger partial charge in [-0.2, -0.15) is 12.7 Å². The Balaban J connectivity index is 2.07. The van der Waals surface area contributed by atoms with Crippen molar-refractivity contribution >= 4 is 43.5 Å². The van der Waals surface area contributed by atoms with E-state index in [9.17, 15) is 8.42 Å². The van der Waals surface area contributed by atoms with Gasteiger partial charge in [-0.3, -0.25) is 4.72 Å². The van der Waals surface area contributed by atoms with Crippen LogP contribution in [0.15, 0.2) is 40.9 Å². The molecule has 0 fully saturated rings. The van der Waals surface area contributed by atoms with Crippen LogP contribution in [-0.4, -0.2) is 37.0 Å². The molecule has 0 aliphatic carbocycles. The first kappa shape index (κ1) is 15.7. The Morgan fingerprint density at radius 3 is 2.10 bits per heavy atom. The van der Waals surface area contributed by atoms with Gasteiger partial charge < -0.3 is 5.32 Å². The van der Waals surface area contributed by atoms with Crippen LogP contribution in [-0.2, 0) is 10.2 Å². The lowest BCUT2D eigenvalue weighted by atomic mass is 10.3. The van der Waals surface area contributed by atoms with E-state index in [1.807, 2.05) is 24.3 Å². The van der Waals surface area contributed by atoms with Crippen LogP contribution in [0.4, 0.5) is 17.3 Å². The first-order valence-electron chi connectivity index (χ1n) is 5.93. The molecule has 0 saturated heterocycles. The van der Waals surface area contributed by atoms with Gasteiger partial charge in [-0.05, 0) is 36.4 Å².